The molecule has 0 saturated carbocycles. The maximum absolute atomic E-state index is 13.5. The highest BCUT2D eigenvalue weighted by molar-refractivity contribution is 6.33. The summed E-state index contributed by atoms with van der Waals surface area (Å²) in [6.45, 7) is 0.901. The Balaban J connectivity index is 2.19. The molecule has 0 aliphatic heterocycles. The maximum atomic E-state index is 13.5. The summed E-state index contributed by atoms with van der Waals surface area (Å²) < 4.78 is 23.7. The number of benzene rings is 1. The van der Waals surface area contributed by atoms with Gasteiger partial charge < -0.3 is 15.2 Å². The van der Waals surface area contributed by atoms with Crippen molar-refractivity contribution in [3.63, 3.8) is 0 Å². The van der Waals surface area contributed by atoms with E-state index in [4.69, 9.17) is 26.8 Å². The van der Waals surface area contributed by atoms with Crippen LogP contribution in [0.1, 0.15) is 0 Å². The Morgan fingerprint density at radius 3 is 2.75 bits per heavy atom. The van der Waals surface area contributed by atoms with Crippen LogP contribution in [-0.2, 0) is 4.74 Å². The van der Waals surface area contributed by atoms with Crippen LogP contribution in [-0.4, -0.2) is 25.3 Å². The van der Waals surface area contributed by atoms with Crippen molar-refractivity contribution < 1.29 is 13.9 Å². The molecule has 6 heteroatoms. The Morgan fingerprint density at radius 1 is 1.30 bits per heavy atom. The molecular weight excluding hydrogens is 283 g/mol. The number of nitrogens with two attached hydrogens (primary N) is 1. The zero-order valence-electron chi connectivity index (χ0n) is 10.9. The zero-order chi connectivity index (χ0) is 14.5. The Labute approximate surface area is 121 Å². The Morgan fingerprint density at radius 2 is 2.10 bits per heavy atom. The fourth-order valence-electron chi connectivity index (χ4n) is 1.64. The molecule has 4 nitrogen and oxygen atoms in total. The topological polar surface area (TPSA) is 57.4 Å². The van der Waals surface area contributed by atoms with E-state index in [0.29, 0.717) is 35.2 Å². The highest BCUT2D eigenvalue weighted by Crippen LogP contribution is 2.31. The van der Waals surface area contributed by atoms with Gasteiger partial charge in [-0.15, -0.1) is 0 Å². The number of nitrogens with zero attached hydrogens (tertiary/aromatic N) is 1. The monoisotopic (exact) mass is 296 g/mol. The van der Waals surface area contributed by atoms with Gasteiger partial charge in [-0.25, -0.2) is 9.37 Å². The van der Waals surface area contributed by atoms with Crippen LogP contribution >= 0.6 is 11.6 Å². The van der Waals surface area contributed by atoms with E-state index in [-0.39, 0.29) is 5.69 Å². The number of rotatable bonds is 5. The van der Waals surface area contributed by atoms with E-state index in [1.54, 1.807) is 25.4 Å². The maximum Gasteiger partial charge on any atom is 0.213 e. The van der Waals surface area contributed by atoms with Crippen molar-refractivity contribution in [3.05, 3.63) is 41.3 Å². The molecular formula is C14H14ClFN2O2. The lowest BCUT2D eigenvalue weighted by molar-refractivity contribution is 0.144. The van der Waals surface area contributed by atoms with Crippen molar-refractivity contribution in [2.75, 3.05) is 26.1 Å². The number of nitrogen functional groups attached to an aromatic ring is 1. The van der Waals surface area contributed by atoms with Crippen molar-refractivity contribution in [1.29, 1.82) is 0 Å². The van der Waals surface area contributed by atoms with Crippen LogP contribution in [0.15, 0.2) is 30.5 Å². The molecule has 0 spiro atoms. The van der Waals surface area contributed by atoms with Crippen LogP contribution in [0.2, 0.25) is 5.02 Å². The number of hydrogen-bond acceptors (Lipinski definition) is 4. The van der Waals surface area contributed by atoms with Gasteiger partial charge in [0.15, 0.2) is 0 Å². The lowest BCUT2D eigenvalue weighted by Gasteiger charge is -2.08. The highest BCUT2D eigenvalue weighted by Gasteiger charge is 2.09. The first-order valence-corrected chi connectivity index (χ1v) is 6.32. The van der Waals surface area contributed by atoms with E-state index in [9.17, 15) is 4.39 Å². The molecule has 2 aromatic rings. The van der Waals surface area contributed by atoms with Crippen LogP contribution in [0.5, 0.6) is 5.88 Å². The minimum Gasteiger partial charge on any atom is -0.475 e. The summed E-state index contributed by atoms with van der Waals surface area (Å²) >= 11 is 6.06. The first-order chi connectivity index (χ1) is 9.61. The van der Waals surface area contributed by atoms with Crippen LogP contribution < -0.4 is 10.5 Å². The summed E-state index contributed by atoms with van der Waals surface area (Å²) in [6, 6.07) is 6.12. The smallest absolute Gasteiger partial charge is 0.213 e. The van der Waals surface area contributed by atoms with Crippen LogP contribution in [0.25, 0.3) is 11.1 Å². The van der Waals surface area contributed by atoms with Gasteiger partial charge in [0.2, 0.25) is 5.88 Å². The number of ether oxygens (including phenoxy) is 2. The second-order valence-electron chi connectivity index (χ2n) is 4.08. The lowest BCUT2D eigenvalue weighted by atomic mass is 10.1. The van der Waals surface area contributed by atoms with Crippen LogP contribution in [0, 0.1) is 5.82 Å². The molecule has 0 fully saturated rings. The molecule has 20 heavy (non-hydrogen) atoms. The SMILES string of the molecule is COCCOc1ccc(-c2cc(F)c(N)cc2Cl)cn1. The fourth-order valence-corrected chi connectivity index (χ4v) is 1.92. The van der Waals surface area contributed by atoms with Crippen molar-refractivity contribution in [1.82, 2.24) is 4.98 Å². The minimum absolute atomic E-state index is 0.0197. The van der Waals surface area contributed by atoms with E-state index in [1.165, 1.54) is 12.1 Å². The molecule has 0 atom stereocenters. The summed E-state index contributed by atoms with van der Waals surface area (Å²) in [5.74, 6) is -0.0392. The first-order valence-electron chi connectivity index (χ1n) is 5.94. The molecule has 1 heterocycles. The summed E-state index contributed by atoms with van der Waals surface area (Å²) in [6.07, 6.45) is 1.57. The molecule has 0 radical (unpaired) electrons. The quantitative estimate of drug-likeness (QED) is 0.680. The van der Waals surface area contributed by atoms with Crippen LogP contribution in [0.3, 0.4) is 0 Å². The van der Waals surface area contributed by atoms with Crippen molar-refractivity contribution in [2.45, 2.75) is 0 Å². The predicted octanol–water partition coefficient (Wildman–Crippen LogP) is 3.15. The number of methoxy groups -OCH3 is 1. The lowest BCUT2D eigenvalue weighted by Crippen LogP contribution is -2.05. The summed E-state index contributed by atoms with van der Waals surface area (Å²) in [4.78, 5) is 4.13. The largest absolute Gasteiger partial charge is 0.475 e. The molecule has 0 aliphatic carbocycles. The van der Waals surface area contributed by atoms with Gasteiger partial charge >= 0.3 is 0 Å². The van der Waals surface area contributed by atoms with Gasteiger partial charge in [0, 0.05) is 30.5 Å². The third-order valence-corrected chi connectivity index (χ3v) is 2.98. The number of pyridine rings is 1. The fraction of sp³-hybridized carbons (Fsp3) is 0.214. The number of anilines is 1. The van der Waals surface area contributed by atoms with E-state index < -0.39 is 5.82 Å². The molecule has 2 rings (SSSR count). The van der Waals surface area contributed by atoms with Gasteiger partial charge in [-0.3, -0.25) is 0 Å². The van der Waals surface area contributed by atoms with E-state index in [2.05, 4.69) is 4.98 Å². The highest BCUT2D eigenvalue weighted by atomic mass is 35.5. The molecule has 0 bridgehead atoms. The third kappa shape index (κ3) is 3.37. The summed E-state index contributed by atoms with van der Waals surface area (Å²) in [5, 5.41) is 0.374. The predicted molar refractivity (Wildman–Crippen MR) is 76.4 cm³/mol. The number of halogens is 2. The van der Waals surface area contributed by atoms with Gasteiger partial charge in [0.1, 0.15) is 12.4 Å². The molecule has 106 valence electrons. The van der Waals surface area contributed by atoms with Gasteiger partial charge in [-0.1, -0.05) is 11.6 Å². The van der Waals surface area contributed by atoms with Gasteiger partial charge in [0.05, 0.1) is 17.3 Å². The molecule has 0 amide bonds. The Bertz CT molecular complexity index is 590. The molecule has 0 saturated heterocycles. The normalized spacial score (nSPS) is 10.6. The Hall–Kier alpha value is -1.85. The number of hydrogen-bond donors (Lipinski definition) is 1. The standard InChI is InChI=1S/C14H14ClFN2O2/c1-19-4-5-20-14-3-2-9(8-18-14)10-6-12(16)13(17)7-11(10)15/h2-3,6-8H,4-5,17H2,1H3. The van der Waals surface area contributed by atoms with E-state index in [0.717, 1.165) is 0 Å². The summed E-state index contributed by atoms with van der Waals surface area (Å²) in [7, 11) is 1.59. The van der Waals surface area contributed by atoms with Crippen molar-refractivity contribution >= 4 is 17.3 Å². The van der Waals surface area contributed by atoms with Gasteiger partial charge in [-0.05, 0) is 18.2 Å². The molecule has 0 aliphatic rings. The van der Waals surface area contributed by atoms with Gasteiger partial charge in [0.25, 0.3) is 0 Å². The molecule has 1 aromatic carbocycles. The van der Waals surface area contributed by atoms with Gasteiger partial charge in [-0.2, -0.15) is 0 Å². The average molecular weight is 297 g/mol. The first kappa shape index (κ1) is 14.6. The Kier molecular flexibility index (Phi) is 4.76. The second kappa shape index (κ2) is 6.54. The van der Waals surface area contributed by atoms with Crippen molar-refractivity contribution in [2.24, 2.45) is 0 Å². The molecule has 2 N–H and O–H groups in total. The van der Waals surface area contributed by atoms with E-state index in [1.807, 2.05) is 0 Å². The van der Waals surface area contributed by atoms with Crippen LogP contribution in [0.4, 0.5) is 10.1 Å². The zero-order valence-corrected chi connectivity index (χ0v) is 11.7. The summed E-state index contributed by atoms with van der Waals surface area (Å²) in [5.41, 5.74) is 6.70. The number of aromatic nitrogens is 1. The molecule has 0 unspecified atom stereocenters. The second-order valence-corrected chi connectivity index (χ2v) is 4.49. The van der Waals surface area contributed by atoms with Crippen molar-refractivity contribution in [3.8, 4) is 17.0 Å². The molecule has 1 aromatic heterocycles. The van der Waals surface area contributed by atoms with E-state index >= 15 is 0 Å². The average Bonchev–Trinajstić information content (AvgIpc) is 2.44. The third-order valence-electron chi connectivity index (χ3n) is 2.67. The minimum atomic E-state index is -0.509.